The maximum atomic E-state index is 11.7. The van der Waals surface area contributed by atoms with Crippen LogP contribution in [-0.2, 0) is 4.79 Å². The fourth-order valence-corrected chi connectivity index (χ4v) is 3.17. The molecule has 0 bridgehead atoms. The van der Waals surface area contributed by atoms with Gasteiger partial charge in [0.2, 0.25) is 5.91 Å². The van der Waals surface area contributed by atoms with Crippen molar-refractivity contribution >= 4 is 23.2 Å². The van der Waals surface area contributed by atoms with E-state index < -0.39 is 0 Å². The van der Waals surface area contributed by atoms with E-state index in [4.69, 9.17) is 0 Å². The van der Waals surface area contributed by atoms with Gasteiger partial charge in [-0.1, -0.05) is 6.07 Å². The van der Waals surface area contributed by atoms with Gasteiger partial charge in [-0.3, -0.25) is 9.59 Å². The topological polar surface area (TPSA) is 78.4 Å². The molecule has 0 radical (unpaired) electrons. The molecule has 5 nitrogen and oxygen atoms in total. The molecule has 0 saturated heterocycles. The Morgan fingerprint density at radius 2 is 2.19 bits per heavy atom. The van der Waals surface area contributed by atoms with Crippen molar-refractivity contribution in [3.63, 3.8) is 0 Å². The van der Waals surface area contributed by atoms with E-state index in [-0.39, 0.29) is 17.9 Å². The largest absolute Gasteiger partial charge is 0.393 e. The molecule has 116 valence electrons. The van der Waals surface area contributed by atoms with E-state index in [0.717, 1.165) is 19.3 Å². The third kappa shape index (κ3) is 5.47. The van der Waals surface area contributed by atoms with E-state index in [1.807, 2.05) is 11.4 Å². The third-order valence-corrected chi connectivity index (χ3v) is 4.58. The van der Waals surface area contributed by atoms with Gasteiger partial charge in [0.1, 0.15) is 0 Å². The summed E-state index contributed by atoms with van der Waals surface area (Å²) >= 11 is 1.41. The van der Waals surface area contributed by atoms with E-state index >= 15 is 0 Å². The normalized spacial score (nSPS) is 21.2. The van der Waals surface area contributed by atoms with Gasteiger partial charge in [0.15, 0.2) is 0 Å². The predicted molar refractivity (Wildman–Crippen MR) is 82.2 cm³/mol. The number of carbonyl (C=O) groups excluding carboxylic acids is 2. The first-order valence-corrected chi connectivity index (χ1v) is 8.29. The number of hydrogen-bond acceptors (Lipinski definition) is 4. The molecular formula is C15H22N2O3S. The highest BCUT2D eigenvalue weighted by Gasteiger charge is 2.22. The third-order valence-electron chi connectivity index (χ3n) is 3.71. The number of amides is 2. The molecule has 1 aromatic heterocycles. The number of rotatable bonds is 7. The van der Waals surface area contributed by atoms with Gasteiger partial charge in [0, 0.05) is 19.5 Å². The molecule has 2 unspecified atom stereocenters. The second-order valence-corrected chi connectivity index (χ2v) is 6.42. The van der Waals surface area contributed by atoms with Gasteiger partial charge in [-0.05, 0) is 43.0 Å². The Bertz CT molecular complexity index is 461. The molecule has 1 aliphatic rings. The number of nitrogens with one attached hydrogen (secondary N) is 2. The summed E-state index contributed by atoms with van der Waals surface area (Å²) in [6, 6.07) is 3.62. The minimum Gasteiger partial charge on any atom is -0.393 e. The molecule has 2 atom stereocenters. The van der Waals surface area contributed by atoms with Crippen LogP contribution >= 0.6 is 11.3 Å². The second-order valence-electron chi connectivity index (χ2n) is 5.47. The number of thiophene rings is 1. The first-order chi connectivity index (χ1) is 10.1. The van der Waals surface area contributed by atoms with Crippen molar-refractivity contribution in [2.24, 2.45) is 5.92 Å². The lowest BCUT2D eigenvalue weighted by Crippen LogP contribution is -2.30. The Morgan fingerprint density at radius 1 is 1.33 bits per heavy atom. The van der Waals surface area contributed by atoms with E-state index in [1.165, 1.54) is 11.3 Å². The molecule has 3 N–H and O–H groups in total. The molecule has 1 fully saturated rings. The van der Waals surface area contributed by atoms with Crippen LogP contribution in [0.3, 0.4) is 0 Å². The maximum Gasteiger partial charge on any atom is 0.261 e. The Balaban J connectivity index is 1.52. The van der Waals surface area contributed by atoms with Crippen molar-refractivity contribution in [3.8, 4) is 0 Å². The van der Waals surface area contributed by atoms with Crippen LogP contribution in [-0.4, -0.2) is 36.1 Å². The summed E-state index contributed by atoms with van der Waals surface area (Å²) in [5.41, 5.74) is 0. The summed E-state index contributed by atoms with van der Waals surface area (Å²) in [7, 11) is 0. The molecule has 0 spiro atoms. The van der Waals surface area contributed by atoms with E-state index in [2.05, 4.69) is 10.6 Å². The standard InChI is InChI=1S/C15H22N2O3S/c18-12-6-5-11(9-12)10-17-14(19)4-1-7-16-15(20)13-3-2-8-21-13/h2-3,8,11-12,18H,1,4-7,9-10H2,(H,16,20)(H,17,19). The van der Waals surface area contributed by atoms with Crippen LogP contribution in [0, 0.1) is 5.92 Å². The van der Waals surface area contributed by atoms with Gasteiger partial charge in [0.25, 0.3) is 5.91 Å². The van der Waals surface area contributed by atoms with Gasteiger partial charge in [-0.15, -0.1) is 11.3 Å². The van der Waals surface area contributed by atoms with Gasteiger partial charge in [-0.25, -0.2) is 0 Å². The summed E-state index contributed by atoms with van der Waals surface area (Å²) in [5.74, 6) is 0.342. The lowest BCUT2D eigenvalue weighted by Gasteiger charge is -2.11. The van der Waals surface area contributed by atoms with Crippen LogP contribution < -0.4 is 10.6 Å². The number of carbonyl (C=O) groups is 2. The average Bonchev–Trinajstić information content (AvgIpc) is 3.12. The summed E-state index contributed by atoms with van der Waals surface area (Å²) in [4.78, 5) is 24.0. The first-order valence-electron chi connectivity index (χ1n) is 7.41. The van der Waals surface area contributed by atoms with Crippen molar-refractivity contribution in [1.82, 2.24) is 10.6 Å². The zero-order chi connectivity index (χ0) is 15.1. The summed E-state index contributed by atoms with van der Waals surface area (Å²) in [6.45, 7) is 1.16. The van der Waals surface area contributed by atoms with Crippen molar-refractivity contribution in [2.45, 2.75) is 38.2 Å². The van der Waals surface area contributed by atoms with Crippen LogP contribution in [0.2, 0.25) is 0 Å². The van der Waals surface area contributed by atoms with Crippen LogP contribution in [0.25, 0.3) is 0 Å². The smallest absolute Gasteiger partial charge is 0.261 e. The molecule has 1 heterocycles. The zero-order valence-electron chi connectivity index (χ0n) is 12.0. The van der Waals surface area contributed by atoms with Crippen LogP contribution in [0.4, 0.5) is 0 Å². The number of aliphatic hydroxyl groups excluding tert-OH is 1. The molecule has 21 heavy (non-hydrogen) atoms. The van der Waals surface area contributed by atoms with Crippen molar-refractivity contribution in [1.29, 1.82) is 0 Å². The van der Waals surface area contributed by atoms with Gasteiger partial charge >= 0.3 is 0 Å². The molecule has 1 aliphatic carbocycles. The highest BCUT2D eigenvalue weighted by molar-refractivity contribution is 7.12. The summed E-state index contributed by atoms with van der Waals surface area (Å²) < 4.78 is 0. The minimum absolute atomic E-state index is 0.0155. The van der Waals surface area contributed by atoms with Gasteiger partial charge in [-0.2, -0.15) is 0 Å². The van der Waals surface area contributed by atoms with E-state index in [0.29, 0.717) is 36.7 Å². The van der Waals surface area contributed by atoms with Crippen molar-refractivity contribution in [3.05, 3.63) is 22.4 Å². The molecule has 0 aromatic carbocycles. The van der Waals surface area contributed by atoms with Gasteiger partial charge in [0.05, 0.1) is 11.0 Å². The lowest BCUT2D eigenvalue weighted by molar-refractivity contribution is -0.121. The zero-order valence-corrected chi connectivity index (χ0v) is 12.8. The van der Waals surface area contributed by atoms with Gasteiger partial charge < -0.3 is 15.7 Å². The quantitative estimate of drug-likeness (QED) is 0.668. The SMILES string of the molecule is O=C(CCCNC(=O)c1cccs1)NCC1CCC(O)C1. The van der Waals surface area contributed by atoms with Crippen LogP contribution in [0.5, 0.6) is 0 Å². The van der Waals surface area contributed by atoms with E-state index in [1.54, 1.807) is 6.07 Å². The van der Waals surface area contributed by atoms with Crippen LogP contribution in [0.15, 0.2) is 17.5 Å². The Kier molecular flexibility index (Phi) is 6.20. The lowest BCUT2D eigenvalue weighted by atomic mass is 10.1. The molecule has 2 amide bonds. The fourth-order valence-electron chi connectivity index (χ4n) is 2.53. The van der Waals surface area contributed by atoms with Crippen molar-refractivity contribution < 1.29 is 14.7 Å². The molecule has 1 aromatic rings. The number of hydrogen-bond donors (Lipinski definition) is 3. The molecule has 2 rings (SSSR count). The second kappa shape index (κ2) is 8.14. The molecular weight excluding hydrogens is 288 g/mol. The highest BCUT2D eigenvalue weighted by atomic mass is 32.1. The Morgan fingerprint density at radius 3 is 2.86 bits per heavy atom. The average molecular weight is 310 g/mol. The number of aliphatic hydroxyl groups is 1. The highest BCUT2D eigenvalue weighted by Crippen LogP contribution is 2.24. The monoisotopic (exact) mass is 310 g/mol. The fraction of sp³-hybridized carbons (Fsp3) is 0.600. The summed E-state index contributed by atoms with van der Waals surface area (Å²) in [6.07, 6.45) is 3.47. The van der Waals surface area contributed by atoms with E-state index in [9.17, 15) is 14.7 Å². The van der Waals surface area contributed by atoms with Crippen LogP contribution in [0.1, 0.15) is 41.8 Å². The summed E-state index contributed by atoms with van der Waals surface area (Å²) in [5, 5.41) is 17.0. The molecule has 0 aliphatic heterocycles. The molecule has 6 heteroatoms. The van der Waals surface area contributed by atoms with Crippen molar-refractivity contribution in [2.75, 3.05) is 13.1 Å². The predicted octanol–water partition coefficient (Wildman–Crippen LogP) is 1.54. The Hall–Kier alpha value is -1.40. The minimum atomic E-state index is -0.195. The first kappa shape index (κ1) is 16.0. The maximum absolute atomic E-state index is 11.7. The Labute approximate surface area is 128 Å². The molecule has 1 saturated carbocycles.